The molecular weight excluding hydrogens is 296 g/mol. The number of anilines is 2. The van der Waals surface area contributed by atoms with Gasteiger partial charge < -0.3 is 9.80 Å². The highest BCUT2D eigenvalue weighted by Crippen LogP contribution is 2.20. The van der Waals surface area contributed by atoms with E-state index in [1.165, 1.54) is 18.4 Å². The first-order valence-corrected chi connectivity index (χ1v) is 8.88. The molecule has 2 rings (SSSR count). The number of aromatic nitrogens is 2. The minimum Gasteiger partial charge on any atom is -0.360 e. The van der Waals surface area contributed by atoms with E-state index in [0.29, 0.717) is 6.04 Å². The Hall–Kier alpha value is -2.10. The molecule has 0 aliphatic rings. The van der Waals surface area contributed by atoms with Crippen molar-refractivity contribution in [3.63, 3.8) is 0 Å². The minimum atomic E-state index is 0.334. The summed E-state index contributed by atoms with van der Waals surface area (Å²) in [5, 5.41) is 0. The van der Waals surface area contributed by atoms with Gasteiger partial charge in [-0.25, -0.2) is 4.98 Å². The highest BCUT2D eigenvalue weighted by molar-refractivity contribution is 5.46. The number of hydrogen-bond acceptors (Lipinski definition) is 4. The Morgan fingerprint density at radius 1 is 1.08 bits per heavy atom. The summed E-state index contributed by atoms with van der Waals surface area (Å²) in [7, 11) is 2.11. The maximum Gasteiger partial charge on any atom is 0.228 e. The first kappa shape index (κ1) is 18.2. The van der Waals surface area contributed by atoms with Crippen molar-refractivity contribution in [2.75, 3.05) is 23.4 Å². The lowest BCUT2D eigenvalue weighted by atomic mass is 10.2. The molecule has 1 heterocycles. The quantitative estimate of drug-likeness (QED) is 0.718. The molecule has 0 unspecified atom stereocenters. The molecule has 0 saturated carbocycles. The van der Waals surface area contributed by atoms with Gasteiger partial charge in [0.25, 0.3) is 0 Å². The molecule has 0 saturated heterocycles. The fraction of sp³-hybridized carbons (Fsp3) is 0.500. The first-order valence-electron chi connectivity index (χ1n) is 8.88. The van der Waals surface area contributed by atoms with E-state index in [0.717, 1.165) is 30.5 Å². The SMILES string of the molecule is CCCCN(C)c1cc(C)nc(N(Cc2ccccc2)C(C)C)n1. The van der Waals surface area contributed by atoms with E-state index in [9.17, 15) is 0 Å². The van der Waals surface area contributed by atoms with Crippen LogP contribution in [-0.2, 0) is 6.54 Å². The molecule has 0 atom stereocenters. The minimum absolute atomic E-state index is 0.334. The second-order valence-corrected chi connectivity index (χ2v) is 6.65. The van der Waals surface area contributed by atoms with E-state index >= 15 is 0 Å². The number of benzene rings is 1. The van der Waals surface area contributed by atoms with Gasteiger partial charge in [-0.2, -0.15) is 4.98 Å². The van der Waals surface area contributed by atoms with E-state index in [2.05, 4.69) is 68.0 Å². The highest BCUT2D eigenvalue weighted by atomic mass is 15.3. The maximum absolute atomic E-state index is 4.84. The molecule has 0 aliphatic carbocycles. The molecule has 0 N–H and O–H groups in total. The molecule has 130 valence electrons. The average Bonchev–Trinajstić information content (AvgIpc) is 2.57. The van der Waals surface area contributed by atoms with E-state index in [4.69, 9.17) is 9.97 Å². The molecule has 4 nitrogen and oxygen atoms in total. The van der Waals surface area contributed by atoms with Gasteiger partial charge in [0.05, 0.1) is 0 Å². The van der Waals surface area contributed by atoms with Crippen LogP contribution < -0.4 is 9.80 Å². The molecule has 1 aromatic carbocycles. The van der Waals surface area contributed by atoms with Crippen LogP contribution in [0.3, 0.4) is 0 Å². The molecule has 0 fully saturated rings. The molecule has 1 aromatic heterocycles. The molecular formula is C20H30N4. The molecule has 0 aliphatic heterocycles. The number of unbranched alkanes of at least 4 members (excludes halogenated alkanes) is 1. The smallest absolute Gasteiger partial charge is 0.228 e. The molecule has 2 aromatic rings. The van der Waals surface area contributed by atoms with Crippen molar-refractivity contribution in [3.8, 4) is 0 Å². The summed E-state index contributed by atoms with van der Waals surface area (Å²) in [5.74, 6) is 1.82. The van der Waals surface area contributed by atoms with Crippen LogP contribution in [0.4, 0.5) is 11.8 Å². The topological polar surface area (TPSA) is 32.3 Å². The number of rotatable bonds is 8. The Balaban J connectivity index is 2.27. The van der Waals surface area contributed by atoms with Crippen molar-refractivity contribution in [1.82, 2.24) is 9.97 Å². The largest absolute Gasteiger partial charge is 0.360 e. The Bertz CT molecular complexity index is 625. The van der Waals surface area contributed by atoms with Gasteiger partial charge in [0.15, 0.2) is 0 Å². The van der Waals surface area contributed by atoms with Gasteiger partial charge >= 0.3 is 0 Å². The zero-order chi connectivity index (χ0) is 17.5. The summed E-state index contributed by atoms with van der Waals surface area (Å²) in [6.45, 7) is 10.5. The van der Waals surface area contributed by atoms with Gasteiger partial charge in [-0.1, -0.05) is 43.7 Å². The van der Waals surface area contributed by atoms with Crippen LogP contribution >= 0.6 is 0 Å². The second kappa shape index (κ2) is 8.67. The van der Waals surface area contributed by atoms with Crippen LogP contribution in [0.1, 0.15) is 44.9 Å². The summed E-state index contributed by atoms with van der Waals surface area (Å²) in [5.41, 5.74) is 2.29. The normalized spacial score (nSPS) is 10.9. The van der Waals surface area contributed by atoms with E-state index in [1.807, 2.05) is 13.0 Å². The van der Waals surface area contributed by atoms with E-state index in [-0.39, 0.29) is 0 Å². The maximum atomic E-state index is 4.84. The van der Waals surface area contributed by atoms with Gasteiger partial charge in [0, 0.05) is 37.9 Å². The van der Waals surface area contributed by atoms with Gasteiger partial charge in [-0.3, -0.25) is 0 Å². The van der Waals surface area contributed by atoms with Crippen LogP contribution in [0.25, 0.3) is 0 Å². The highest BCUT2D eigenvalue weighted by Gasteiger charge is 2.16. The summed E-state index contributed by atoms with van der Waals surface area (Å²) in [6, 6.07) is 12.9. The Labute approximate surface area is 146 Å². The van der Waals surface area contributed by atoms with Gasteiger partial charge in [0.2, 0.25) is 5.95 Å². The van der Waals surface area contributed by atoms with Crippen molar-refractivity contribution in [2.24, 2.45) is 0 Å². The van der Waals surface area contributed by atoms with Crippen LogP contribution in [0, 0.1) is 6.92 Å². The molecule has 0 radical (unpaired) electrons. The standard InChI is InChI=1S/C20H30N4/c1-6-7-13-23(5)19-14-17(4)21-20(22-19)24(16(2)3)15-18-11-9-8-10-12-18/h8-12,14,16H,6-7,13,15H2,1-5H3. The Morgan fingerprint density at radius 3 is 2.42 bits per heavy atom. The van der Waals surface area contributed by atoms with Crippen LogP contribution in [0.5, 0.6) is 0 Å². The lowest BCUT2D eigenvalue weighted by Gasteiger charge is -2.28. The van der Waals surface area contributed by atoms with Gasteiger partial charge in [-0.05, 0) is 32.8 Å². The van der Waals surface area contributed by atoms with Gasteiger partial charge in [-0.15, -0.1) is 0 Å². The van der Waals surface area contributed by atoms with Crippen molar-refractivity contribution in [3.05, 3.63) is 47.7 Å². The van der Waals surface area contributed by atoms with Crippen LogP contribution in [-0.4, -0.2) is 29.6 Å². The third kappa shape index (κ3) is 4.95. The summed E-state index contributed by atoms with van der Waals surface area (Å²) in [4.78, 5) is 14.0. The van der Waals surface area contributed by atoms with Crippen LogP contribution in [0.15, 0.2) is 36.4 Å². The third-order valence-electron chi connectivity index (χ3n) is 4.14. The molecule has 0 bridgehead atoms. The van der Waals surface area contributed by atoms with Crippen molar-refractivity contribution < 1.29 is 0 Å². The second-order valence-electron chi connectivity index (χ2n) is 6.65. The monoisotopic (exact) mass is 326 g/mol. The van der Waals surface area contributed by atoms with Crippen molar-refractivity contribution in [1.29, 1.82) is 0 Å². The fourth-order valence-electron chi connectivity index (χ4n) is 2.63. The fourth-order valence-corrected chi connectivity index (χ4v) is 2.63. The lowest BCUT2D eigenvalue weighted by molar-refractivity contribution is 0.657. The molecule has 4 heteroatoms. The number of hydrogen-bond donors (Lipinski definition) is 0. The zero-order valence-electron chi connectivity index (χ0n) is 15.7. The predicted octanol–water partition coefficient (Wildman–Crippen LogP) is 4.44. The number of nitrogens with zero attached hydrogens (tertiary/aromatic N) is 4. The van der Waals surface area contributed by atoms with E-state index < -0.39 is 0 Å². The number of aryl methyl sites for hydroxylation is 1. The molecule has 0 amide bonds. The van der Waals surface area contributed by atoms with Gasteiger partial charge in [0.1, 0.15) is 5.82 Å². The molecule has 0 spiro atoms. The Kier molecular flexibility index (Phi) is 6.59. The third-order valence-corrected chi connectivity index (χ3v) is 4.14. The lowest BCUT2D eigenvalue weighted by Crippen LogP contribution is -2.32. The van der Waals surface area contributed by atoms with E-state index in [1.54, 1.807) is 0 Å². The zero-order valence-corrected chi connectivity index (χ0v) is 15.7. The summed E-state index contributed by atoms with van der Waals surface area (Å²) in [6.07, 6.45) is 2.36. The van der Waals surface area contributed by atoms with Crippen molar-refractivity contribution in [2.45, 2.75) is 53.1 Å². The summed E-state index contributed by atoms with van der Waals surface area (Å²) < 4.78 is 0. The van der Waals surface area contributed by atoms with Crippen molar-refractivity contribution >= 4 is 11.8 Å². The van der Waals surface area contributed by atoms with Crippen LogP contribution in [0.2, 0.25) is 0 Å². The average molecular weight is 326 g/mol. The predicted molar refractivity (Wildman–Crippen MR) is 103 cm³/mol. The summed E-state index contributed by atoms with van der Waals surface area (Å²) >= 11 is 0. The first-order chi connectivity index (χ1) is 11.5. The molecule has 24 heavy (non-hydrogen) atoms. The Morgan fingerprint density at radius 2 is 1.79 bits per heavy atom.